The van der Waals surface area contributed by atoms with E-state index < -0.39 is 30.3 Å². The van der Waals surface area contributed by atoms with Crippen LogP contribution in [0.1, 0.15) is 44.8 Å². The molecule has 2 N–H and O–H groups in total. The predicted octanol–water partition coefficient (Wildman–Crippen LogP) is 6.76. The lowest BCUT2D eigenvalue weighted by atomic mass is 9.85. The van der Waals surface area contributed by atoms with Crippen LogP contribution in [0.3, 0.4) is 0 Å². The highest BCUT2D eigenvalue weighted by atomic mass is 16.7. The Morgan fingerprint density at radius 2 is 1.61 bits per heavy atom. The topological polar surface area (TPSA) is 138 Å². The van der Waals surface area contributed by atoms with Gasteiger partial charge in [-0.05, 0) is 53.6 Å². The molecule has 2 aliphatic heterocycles. The number of amides is 1. The maximum Gasteiger partial charge on any atom is 0.514 e. The fourth-order valence-electron chi connectivity index (χ4n) is 6.55. The normalized spacial score (nSPS) is 17.8. The third kappa shape index (κ3) is 5.81. The van der Waals surface area contributed by atoms with E-state index in [4.69, 9.17) is 28.4 Å². The number of cyclic esters (lactones) is 1. The molecule has 250 valence electrons. The van der Waals surface area contributed by atoms with Gasteiger partial charge in [0.1, 0.15) is 19.3 Å². The number of para-hydroxylation sites is 1. The number of hydrogen-bond acceptors (Lipinski definition) is 10. The molecule has 0 spiro atoms. The van der Waals surface area contributed by atoms with Crippen LogP contribution < -0.4 is 19.5 Å². The third-order valence-corrected chi connectivity index (χ3v) is 8.78. The van der Waals surface area contributed by atoms with Crippen molar-refractivity contribution in [1.82, 2.24) is 9.88 Å². The largest absolute Gasteiger partial charge is 0.514 e. The van der Waals surface area contributed by atoms with E-state index in [1.165, 1.54) is 21.3 Å². The predicted molar refractivity (Wildman–Crippen MR) is 178 cm³/mol. The van der Waals surface area contributed by atoms with E-state index in [1.54, 1.807) is 41.3 Å². The number of carbonyl (C=O) groups excluding carboxylic acids is 3. The lowest BCUT2D eigenvalue weighted by Crippen LogP contribution is -2.47. The van der Waals surface area contributed by atoms with E-state index in [-0.39, 0.29) is 36.5 Å². The maximum atomic E-state index is 13.5. The van der Waals surface area contributed by atoms with Gasteiger partial charge in [-0.3, -0.25) is 4.90 Å². The second-order valence-corrected chi connectivity index (χ2v) is 11.5. The molecule has 7 rings (SSSR count). The van der Waals surface area contributed by atoms with E-state index in [0.29, 0.717) is 11.1 Å². The highest BCUT2D eigenvalue weighted by molar-refractivity contribution is 5.90. The van der Waals surface area contributed by atoms with Gasteiger partial charge in [-0.1, -0.05) is 48.5 Å². The van der Waals surface area contributed by atoms with Gasteiger partial charge in [0, 0.05) is 27.8 Å². The maximum absolute atomic E-state index is 13.5. The number of rotatable bonds is 9. The van der Waals surface area contributed by atoms with E-state index >= 15 is 0 Å². The Balaban J connectivity index is 1.28. The zero-order valence-corrected chi connectivity index (χ0v) is 26.9. The summed E-state index contributed by atoms with van der Waals surface area (Å²) in [6.07, 6.45) is -1.42. The molecule has 2 aliphatic rings. The molecule has 0 unspecified atom stereocenters. The Kier molecular flexibility index (Phi) is 8.43. The van der Waals surface area contributed by atoms with Gasteiger partial charge in [0.25, 0.3) is 0 Å². The molecule has 0 saturated carbocycles. The lowest BCUT2D eigenvalue weighted by Gasteiger charge is -2.41. The first kappa shape index (κ1) is 31.4. The highest BCUT2D eigenvalue weighted by Gasteiger charge is 2.51. The average molecular weight is 664 g/mol. The summed E-state index contributed by atoms with van der Waals surface area (Å²) in [6.45, 7) is 0.158. The van der Waals surface area contributed by atoms with Gasteiger partial charge < -0.3 is 38.7 Å². The molecule has 3 atom stereocenters. The summed E-state index contributed by atoms with van der Waals surface area (Å²) < 4.78 is 32.9. The molecule has 1 fully saturated rings. The second kappa shape index (κ2) is 13.1. The molecular formula is C37H33N3O9. The quantitative estimate of drug-likeness (QED) is 0.0988. The third-order valence-electron chi connectivity index (χ3n) is 8.78. The minimum atomic E-state index is -0.930. The minimum absolute atomic E-state index is 0.0245. The molecular weight excluding hydrogens is 630 g/mol. The number of fused-ring (bicyclic) bond motifs is 4. The van der Waals surface area contributed by atoms with Crippen molar-refractivity contribution < 1.29 is 42.8 Å². The Morgan fingerprint density at radius 1 is 0.918 bits per heavy atom. The van der Waals surface area contributed by atoms with Crippen molar-refractivity contribution in [3.8, 4) is 17.2 Å². The molecule has 0 bridgehead atoms. The molecule has 1 amide bonds. The van der Waals surface area contributed by atoms with Crippen LogP contribution in [0.4, 0.5) is 15.3 Å². The van der Waals surface area contributed by atoms with E-state index in [0.717, 1.165) is 33.4 Å². The SMILES string of the molecule is COC(=O)c1ccc(N[C@@H]2c3c([nH]c4ccccc34)[C@@H](c3cc(OC)c(OC(=O)OCc4ccccc4)c(OC)c3)N3C(=O)OC[C@H]23)cc1. The van der Waals surface area contributed by atoms with Gasteiger partial charge in [-0.15, -0.1) is 0 Å². The number of aromatic nitrogens is 1. The van der Waals surface area contributed by atoms with Crippen LogP contribution in [0.25, 0.3) is 10.9 Å². The highest BCUT2D eigenvalue weighted by Crippen LogP contribution is 2.51. The van der Waals surface area contributed by atoms with Crippen molar-refractivity contribution in [2.75, 3.05) is 33.3 Å². The van der Waals surface area contributed by atoms with Crippen molar-refractivity contribution in [2.24, 2.45) is 0 Å². The monoisotopic (exact) mass is 663 g/mol. The number of H-pyrrole nitrogens is 1. The summed E-state index contributed by atoms with van der Waals surface area (Å²) in [5, 5.41) is 4.57. The summed E-state index contributed by atoms with van der Waals surface area (Å²) in [5.41, 5.74) is 5.22. The van der Waals surface area contributed by atoms with Crippen LogP contribution in [0, 0.1) is 0 Å². The standard InChI is InChI=1S/C37H33N3O9/c1-44-28-17-23(18-29(45-2)34(28)49-37(43)48-19-21-9-5-4-6-10-21)33-32-30(25-11-7-8-12-26(25)39-32)31(27-20-47-36(42)40(27)33)38-24-15-13-22(14-16-24)35(41)46-3/h4-18,27,31,33,38-39H,19-20H2,1-3H3/t27-,31+,33-/m1/s1. The summed E-state index contributed by atoms with van der Waals surface area (Å²) in [5.74, 6) is 0.0192. The molecule has 49 heavy (non-hydrogen) atoms. The summed E-state index contributed by atoms with van der Waals surface area (Å²) >= 11 is 0. The van der Waals surface area contributed by atoms with Gasteiger partial charge in [-0.2, -0.15) is 0 Å². The number of carbonyl (C=O) groups is 3. The van der Waals surface area contributed by atoms with Crippen molar-refractivity contribution in [1.29, 1.82) is 0 Å². The van der Waals surface area contributed by atoms with Crippen molar-refractivity contribution in [3.05, 3.63) is 119 Å². The summed E-state index contributed by atoms with van der Waals surface area (Å²) in [4.78, 5) is 43.6. The van der Waals surface area contributed by atoms with E-state index in [9.17, 15) is 14.4 Å². The number of nitrogens with one attached hydrogen (secondary N) is 2. The van der Waals surface area contributed by atoms with Gasteiger partial charge in [0.2, 0.25) is 5.75 Å². The number of esters is 1. The van der Waals surface area contributed by atoms with Crippen molar-refractivity contribution >= 4 is 34.8 Å². The molecule has 12 heteroatoms. The first-order valence-electron chi connectivity index (χ1n) is 15.5. The zero-order valence-electron chi connectivity index (χ0n) is 26.9. The number of methoxy groups -OCH3 is 3. The van der Waals surface area contributed by atoms with Crippen LogP contribution in [0.2, 0.25) is 0 Å². The van der Waals surface area contributed by atoms with E-state index in [1.807, 2.05) is 54.6 Å². The van der Waals surface area contributed by atoms with Crippen LogP contribution in [-0.4, -0.2) is 62.1 Å². The van der Waals surface area contributed by atoms with Crippen molar-refractivity contribution in [3.63, 3.8) is 0 Å². The molecule has 4 aromatic carbocycles. The van der Waals surface area contributed by atoms with Crippen molar-refractivity contribution in [2.45, 2.75) is 24.7 Å². The Bertz CT molecular complexity index is 2000. The van der Waals surface area contributed by atoms with Gasteiger partial charge >= 0.3 is 18.2 Å². The summed E-state index contributed by atoms with van der Waals surface area (Å²) in [6, 6.07) is 26.1. The summed E-state index contributed by atoms with van der Waals surface area (Å²) in [7, 11) is 4.24. The van der Waals surface area contributed by atoms with Gasteiger partial charge in [0.15, 0.2) is 11.5 Å². The number of ether oxygens (including phenoxy) is 6. The number of aromatic amines is 1. The Hall–Kier alpha value is -6.17. The van der Waals surface area contributed by atoms with E-state index in [2.05, 4.69) is 10.3 Å². The molecule has 0 aliphatic carbocycles. The van der Waals surface area contributed by atoms with Gasteiger partial charge in [0.05, 0.1) is 39.0 Å². The molecule has 5 aromatic rings. The first-order chi connectivity index (χ1) is 23.9. The number of hydrogen-bond donors (Lipinski definition) is 2. The minimum Gasteiger partial charge on any atom is -0.493 e. The Morgan fingerprint density at radius 3 is 2.31 bits per heavy atom. The Labute approximate surface area is 281 Å². The molecule has 1 aromatic heterocycles. The van der Waals surface area contributed by atoms with Crippen LogP contribution in [0.5, 0.6) is 17.2 Å². The van der Waals surface area contributed by atoms with Crippen LogP contribution in [-0.2, 0) is 20.8 Å². The molecule has 3 heterocycles. The van der Waals surface area contributed by atoms with Crippen LogP contribution >= 0.6 is 0 Å². The smallest absolute Gasteiger partial charge is 0.493 e. The number of nitrogens with zero attached hydrogens (tertiary/aromatic N) is 1. The lowest BCUT2D eigenvalue weighted by molar-refractivity contribution is 0.0600. The molecule has 0 radical (unpaired) electrons. The second-order valence-electron chi connectivity index (χ2n) is 11.5. The molecule has 12 nitrogen and oxygen atoms in total. The number of anilines is 1. The average Bonchev–Trinajstić information content (AvgIpc) is 3.72. The molecule has 1 saturated heterocycles. The first-order valence-corrected chi connectivity index (χ1v) is 15.5. The zero-order chi connectivity index (χ0) is 34.1. The van der Waals surface area contributed by atoms with Gasteiger partial charge in [-0.25, -0.2) is 14.4 Å². The fourth-order valence-corrected chi connectivity index (χ4v) is 6.55. The fraction of sp³-hybridized carbons (Fsp3) is 0.216. The van der Waals surface area contributed by atoms with Crippen LogP contribution in [0.15, 0.2) is 91.0 Å². The number of benzene rings is 4.